The van der Waals surface area contributed by atoms with E-state index in [1.54, 1.807) is 13.0 Å². The van der Waals surface area contributed by atoms with Crippen molar-refractivity contribution in [2.45, 2.75) is 53.1 Å². The van der Waals surface area contributed by atoms with Gasteiger partial charge in [0.25, 0.3) is 0 Å². The molecular formula is C14H27FO. The first-order chi connectivity index (χ1) is 7.61. The fourth-order valence-electron chi connectivity index (χ4n) is 1.07. The minimum atomic E-state index is -0.437. The fraction of sp³-hybridized carbons (Fsp3) is 0.571. The first-order valence-corrected chi connectivity index (χ1v) is 5.79. The van der Waals surface area contributed by atoms with Gasteiger partial charge in [-0.3, -0.25) is 0 Å². The second-order valence-corrected chi connectivity index (χ2v) is 2.87. The van der Waals surface area contributed by atoms with Crippen molar-refractivity contribution < 1.29 is 9.50 Å². The number of halogens is 1. The third-order valence-corrected chi connectivity index (χ3v) is 1.77. The van der Waals surface area contributed by atoms with Crippen LogP contribution in [0.2, 0.25) is 0 Å². The molecule has 0 heterocycles. The summed E-state index contributed by atoms with van der Waals surface area (Å²) in [6, 6.07) is 0. The van der Waals surface area contributed by atoms with Crippen molar-refractivity contribution in [2.75, 3.05) is 0 Å². The molecule has 0 saturated heterocycles. The van der Waals surface area contributed by atoms with E-state index < -0.39 is 11.9 Å². The van der Waals surface area contributed by atoms with Gasteiger partial charge in [0.1, 0.15) is 5.83 Å². The molecule has 0 aromatic heterocycles. The Bertz CT molecular complexity index is 185. The van der Waals surface area contributed by atoms with Gasteiger partial charge in [-0.2, -0.15) is 0 Å². The highest BCUT2D eigenvalue weighted by Crippen LogP contribution is 2.17. The lowest BCUT2D eigenvalue weighted by Gasteiger charge is -2.10. The molecule has 16 heavy (non-hydrogen) atoms. The van der Waals surface area contributed by atoms with E-state index in [1.807, 2.05) is 20.8 Å². The van der Waals surface area contributed by atoms with Gasteiger partial charge in [-0.25, -0.2) is 4.39 Å². The Hall–Kier alpha value is -0.890. The normalized spacial score (nSPS) is 11.5. The van der Waals surface area contributed by atoms with E-state index in [0.29, 0.717) is 18.4 Å². The molecule has 0 aliphatic carbocycles. The molecule has 2 heteroatoms. The number of aliphatic hydroxyl groups excluding tert-OH is 1. The van der Waals surface area contributed by atoms with E-state index in [9.17, 15) is 9.50 Å². The molecule has 1 atom stereocenters. The number of allylic oxidation sites excluding steroid dienone is 2. The number of hydrogen-bond acceptors (Lipinski definition) is 1. The lowest BCUT2D eigenvalue weighted by Crippen LogP contribution is -2.07. The van der Waals surface area contributed by atoms with Gasteiger partial charge in [0, 0.05) is 6.42 Å². The van der Waals surface area contributed by atoms with Gasteiger partial charge >= 0.3 is 0 Å². The molecule has 0 amide bonds. The third kappa shape index (κ3) is 13.1. The van der Waals surface area contributed by atoms with Crippen LogP contribution >= 0.6 is 0 Å². The lowest BCUT2D eigenvalue weighted by atomic mass is 10.0. The molecule has 0 rings (SSSR count). The quantitative estimate of drug-likeness (QED) is 0.531. The predicted octanol–water partition coefficient (Wildman–Crippen LogP) is 4.80. The lowest BCUT2D eigenvalue weighted by molar-refractivity contribution is 0.163. The zero-order valence-electron chi connectivity index (χ0n) is 11.2. The SMILES string of the molecule is C=C.C=C(F)/C(=C\C)CC(O)CCC.CC. The summed E-state index contributed by atoms with van der Waals surface area (Å²) in [6.07, 6.45) is 3.22. The summed E-state index contributed by atoms with van der Waals surface area (Å²) in [4.78, 5) is 0. The number of hydrogen-bond donors (Lipinski definition) is 1. The highest BCUT2D eigenvalue weighted by Gasteiger charge is 2.08. The van der Waals surface area contributed by atoms with Crippen molar-refractivity contribution in [2.24, 2.45) is 0 Å². The van der Waals surface area contributed by atoms with Gasteiger partial charge in [0.05, 0.1) is 6.10 Å². The molecule has 0 aromatic carbocycles. The maximum Gasteiger partial charge on any atom is 0.119 e. The molecule has 0 aliphatic heterocycles. The number of aliphatic hydroxyl groups is 1. The summed E-state index contributed by atoms with van der Waals surface area (Å²) in [7, 11) is 0. The average Bonchev–Trinajstić information content (AvgIpc) is 2.31. The Morgan fingerprint density at radius 3 is 2.06 bits per heavy atom. The minimum absolute atomic E-state index is 0.375. The molecule has 0 saturated carbocycles. The third-order valence-electron chi connectivity index (χ3n) is 1.77. The van der Waals surface area contributed by atoms with Gasteiger partial charge in [0.15, 0.2) is 0 Å². The van der Waals surface area contributed by atoms with E-state index in [2.05, 4.69) is 19.7 Å². The highest BCUT2D eigenvalue weighted by atomic mass is 19.1. The van der Waals surface area contributed by atoms with Crippen molar-refractivity contribution >= 4 is 0 Å². The Morgan fingerprint density at radius 2 is 1.81 bits per heavy atom. The largest absolute Gasteiger partial charge is 0.393 e. The van der Waals surface area contributed by atoms with Crippen LogP contribution in [-0.4, -0.2) is 11.2 Å². The van der Waals surface area contributed by atoms with Crippen LogP contribution in [0.25, 0.3) is 0 Å². The Balaban J connectivity index is -0.000000376. The highest BCUT2D eigenvalue weighted by molar-refractivity contribution is 5.22. The van der Waals surface area contributed by atoms with Gasteiger partial charge in [-0.1, -0.05) is 39.8 Å². The van der Waals surface area contributed by atoms with Gasteiger partial charge in [-0.15, -0.1) is 13.2 Å². The van der Waals surface area contributed by atoms with Crippen molar-refractivity contribution in [3.63, 3.8) is 0 Å². The minimum Gasteiger partial charge on any atom is -0.393 e. The maximum atomic E-state index is 12.6. The van der Waals surface area contributed by atoms with Crippen molar-refractivity contribution in [1.82, 2.24) is 0 Å². The Labute approximate surface area is 100 Å². The molecule has 1 unspecified atom stereocenters. The maximum absolute atomic E-state index is 12.6. The molecule has 1 N–H and O–H groups in total. The average molecular weight is 230 g/mol. The first-order valence-electron chi connectivity index (χ1n) is 5.79. The van der Waals surface area contributed by atoms with Crippen LogP contribution < -0.4 is 0 Å². The smallest absolute Gasteiger partial charge is 0.119 e. The molecule has 96 valence electrons. The second kappa shape index (κ2) is 16.5. The monoisotopic (exact) mass is 230 g/mol. The molecule has 0 spiro atoms. The Morgan fingerprint density at radius 1 is 1.38 bits per heavy atom. The van der Waals surface area contributed by atoms with Crippen molar-refractivity contribution in [3.8, 4) is 0 Å². The van der Waals surface area contributed by atoms with Gasteiger partial charge in [0.2, 0.25) is 0 Å². The van der Waals surface area contributed by atoms with Crippen LogP contribution in [0, 0.1) is 0 Å². The summed E-state index contributed by atoms with van der Waals surface area (Å²) >= 11 is 0. The molecule has 0 aliphatic rings. The Kier molecular flexibility index (Phi) is 21.2. The molecule has 0 fully saturated rings. The van der Waals surface area contributed by atoms with E-state index in [4.69, 9.17) is 0 Å². The first kappa shape index (κ1) is 20.5. The molecular weight excluding hydrogens is 203 g/mol. The van der Waals surface area contributed by atoms with Crippen LogP contribution in [0.15, 0.2) is 37.2 Å². The van der Waals surface area contributed by atoms with E-state index in [-0.39, 0.29) is 0 Å². The second-order valence-electron chi connectivity index (χ2n) is 2.87. The van der Waals surface area contributed by atoms with E-state index in [0.717, 1.165) is 6.42 Å². The van der Waals surface area contributed by atoms with E-state index >= 15 is 0 Å². The topological polar surface area (TPSA) is 20.2 Å². The summed E-state index contributed by atoms with van der Waals surface area (Å²) in [6.45, 7) is 16.9. The van der Waals surface area contributed by atoms with Crippen LogP contribution in [0.1, 0.15) is 47.0 Å². The summed E-state index contributed by atoms with van der Waals surface area (Å²) in [5.41, 5.74) is 0.510. The molecule has 0 radical (unpaired) electrons. The zero-order valence-corrected chi connectivity index (χ0v) is 11.2. The summed E-state index contributed by atoms with van der Waals surface area (Å²) in [5, 5.41) is 9.35. The van der Waals surface area contributed by atoms with Gasteiger partial charge < -0.3 is 5.11 Å². The van der Waals surface area contributed by atoms with Crippen LogP contribution in [-0.2, 0) is 0 Å². The number of rotatable bonds is 5. The van der Waals surface area contributed by atoms with E-state index in [1.165, 1.54) is 0 Å². The fourth-order valence-corrected chi connectivity index (χ4v) is 1.07. The standard InChI is InChI=1S/C10H17FO.C2H6.C2H4/c1-4-6-10(12)7-9(5-2)8(3)11;2*1-2/h5,10,12H,3-4,6-7H2,1-2H3;1-2H3;1-2H2/b9-5-;;. The van der Waals surface area contributed by atoms with Crippen molar-refractivity contribution in [3.05, 3.63) is 37.2 Å². The molecule has 0 bridgehead atoms. The van der Waals surface area contributed by atoms with Gasteiger partial charge in [-0.05, 0) is 18.9 Å². The van der Waals surface area contributed by atoms with Crippen LogP contribution in [0.4, 0.5) is 4.39 Å². The molecule has 1 nitrogen and oxygen atoms in total. The summed E-state index contributed by atoms with van der Waals surface area (Å²) in [5.74, 6) is -0.437. The van der Waals surface area contributed by atoms with Crippen LogP contribution in [0.5, 0.6) is 0 Å². The van der Waals surface area contributed by atoms with Crippen LogP contribution in [0.3, 0.4) is 0 Å². The predicted molar refractivity (Wildman–Crippen MR) is 72.1 cm³/mol. The molecule has 0 aromatic rings. The summed E-state index contributed by atoms with van der Waals surface area (Å²) < 4.78 is 12.6. The zero-order chi connectivity index (χ0) is 13.6. The van der Waals surface area contributed by atoms with Crippen molar-refractivity contribution in [1.29, 1.82) is 0 Å².